The average Bonchev–Trinajstić information content (AvgIpc) is 3.62. The van der Waals surface area contributed by atoms with E-state index in [0.717, 1.165) is 32.1 Å². The second-order valence-corrected chi connectivity index (χ2v) is 19.2. The van der Waals surface area contributed by atoms with Gasteiger partial charge < -0.3 is 39.3 Å². The number of aliphatic hydroxyl groups is 3. The molecule has 9 heteroatoms. The molecule has 0 aromatic heterocycles. The second kappa shape index (κ2) is 11.1. The molecule has 0 bridgehead atoms. The lowest BCUT2D eigenvalue weighted by atomic mass is 9.41. The third-order valence-electron chi connectivity index (χ3n) is 16.0. The normalized spacial score (nSPS) is 50.9. The van der Waals surface area contributed by atoms with Crippen LogP contribution in [-0.2, 0) is 19.0 Å². The molecular formula is C38H64N2O7. The zero-order chi connectivity index (χ0) is 34.1. The van der Waals surface area contributed by atoms with Crippen LogP contribution in [0.2, 0.25) is 0 Å². The summed E-state index contributed by atoms with van der Waals surface area (Å²) in [5.41, 5.74) is -1.07. The monoisotopic (exact) mass is 660 g/mol. The van der Waals surface area contributed by atoms with Gasteiger partial charge in [0.1, 0.15) is 6.10 Å². The highest BCUT2D eigenvalue weighted by Gasteiger charge is 2.84. The fourth-order valence-electron chi connectivity index (χ4n) is 13.7. The average molecular weight is 661 g/mol. The van der Waals surface area contributed by atoms with Crippen molar-refractivity contribution in [1.29, 1.82) is 0 Å². The number of likely N-dealkylation sites (N-methyl/N-ethyl adjacent to an activating group) is 1. The highest BCUT2D eigenvalue weighted by atomic mass is 16.7. The Hall–Kier alpha value is -0.810. The Labute approximate surface area is 283 Å². The van der Waals surface area contributed by atoms with Crippen molar-refractivity contribution < 1.29 is 34.3 Å². The topological polar surface area (TPSA) is 112 Å². The highest BCUT2D eigenvalue weighted by molar-refractivity contribution is 5.78. The van der Waals surface area contributed by atoms with Crippen molar-refractivity contribution in [2.24, 2.45) is 50.7 Å². The smallest absolute Gasteiger partial charge is 0.236 e. The Kier molecular flexibility index (Phi) is 8.17. The van der Waals surface area contributed by atoms with Crippen LogP contribution in [0, 0.1) is 50.7 Å². The highest BCUT2D eigenvalue weighted by Crippen LogP contribution is 2.89. The molecule has 47 heavy (non-hydrogen) atoms. The van der Waals surface area contributed by atoms with Crippen molar-refractivity contribution in [2.75, 3.05) is 40.3 Å². The van der Waals surface area contributed by atoms with Crippen molar-refractivity contribution in [3.05, 3.63) is 0 Å². The molecule has 14 atom stereocenters. The fourth-order valence-corrected chi connectivity index (χ4v) is 13.7. The quantitative estimate of drug-likeness (QED) is 0.391. The Morgan fingerprint density at radius 3 is 2.43 bits per heavy atom. The summed E-state index contributed by atoms with van der Waals surface area (Å²) in [6.45, 7) is 17.3. The van der Waals surface area contributed by atoms with Gasteiger partial charge >= 0.3 is 0 Å². The minimum atomic E-state index is -1.26. The van der Waals surface area contributed by atoms with E-state index in [0.29, 0.717) is 50.4 Å². The predicted molar refractivity (Wildman–Crippen MR) is 178 cm³/mol. The van der Waals surface area contributed by atoms with Gasteiger partial charge in [-0.25, -0.2) is 0 Å². The van der Waals surface area contributed by atoms with Crippen molar-refractivity contribution in [3.63, 3.8) is 0 Å². The first-order valence-electron chi connectivity index (χ1n) is 18.8. The maximum atomic E-state index is 12.8. The zero-order valence-electron chi connectivity index (χ0n) is 30.6. The number of amides is 1. The van der Waals surface area contributed by atoms with Crippen LogP contribution in [0.25, 0.3) is 0 Å². The molecule has 2 aliphatic heterocycles. The Balaban J connectivity index is 1.10. The first-order chi connectivity index (χ1) is 21.8. The number of hydrogen-bond donors (Lipinski definition) is 3. The van der Waals surface area contributed by atoms with Crippen LogP contribution in [0.1, 0.15) is 99.8 Å². The van der Waals surface area contributed by atoms with Gasteiger partial charge in [-0.1, -0.05) is 34.6 Å². The van der Waals surface area contributed by atoms with Crippen molar-refractivity contribution in [1.82, 2.24) is 9.80 Å². The van der Waals surface area contributed by atoms with Crippen LogP contribution in [0.15, 0.2) is 0 Å². The summed E-state index contributed by atoms with van der Waals surface area (Å²) in [5, 5.41) is 34.1. The van der Waals surface area contributed by atoms with Crippen LogP contribution < -0.4 is 0 Å². The van der Waals surface area contributed by atoms with E-state index in [9.17, 15) is 20.1 Å². The minimum Gasteiger partial charge on any atom is -0.390 e. The van der Waals surface area contributed by atoms with Gasteiger partial charge in [0, 0.05) is 12.0 Å². The van der Waals surface area contributed by atoms with Gasteiger partial charge in [-0.2, -0.15) is 0 Å². The van der Waals surface area contributed by atoms with E-state index in [4.69, 9.17) is 14.2 Å². The number of fused-ring (bicyclic) bond motifs is 4. The van der Waals surface area contributed by atoms with Gasteiger partial charge in [0.2, 0.25) is 5.91 Å². The first kappa shape index (κ1) is 34.6. The molecular weight excluding hydrogens is 596 g/mol. The van der Waals surface area contributed by atoms with E-state index in [1.807, 2.05) is 23.9 Å². The summed E-state index contributed by atoms with van der Waals surface area (Å²) in [4.78, 5) is 16.6. The second-order valence-electron chi connectivity index (χ2n) is 19.2. The number of aliphatic hydroxyl groups excluding tert-OH is 2. The molecule has 3 N–H and O–H groups in total. The number of rotatable bonds is 6. The van der Waals surface area contributed by atoms with Gasteiger partial charge in [-0.3, -0.25) is 4.79 Å². The molecule has 0 aromatic rings. The SMILES string of the molecule is CC1CC(C(O)C(C)(C)O)OC2C1C1(C)CCC34CC35CCC(OC3CN(C(=O)CN(C)C)CCO3)C(C)(C)C5CCC4C1(C)C2O. The molecule has 0 aromatic carbocycles. The molecule has 2 saturated heterocycles. The number of carbonyl (C=O) groups excluding carboxylic acids is 1. The van der Waals surface area contributed by atoms with Crippen LogP contribution in [0.3, 0.4) is 0 Å². The van der Waals surface area contributed by atoms with Crippen molar-refractivity contribution >= 4 is 5.91 Å². The maximum Gasteiger partial charge on any atom is 0.236 e. The third kappa shape index (κ3) is 4.75. The molecule has 2 heterocycles. The molecule has 5 saturated carbocycles. The van der Waals surface area contributed by atoms with Crippen LogP contribution in [0.4, 0.5) is 0 Å². The molecule has 7 aliphatic rings. The van der Waals surface area contributed by atoms with Crippen molar-refractivity contribution in [3.8, 4) is 0 Å². The van der Waals surface area contributed by atoms with Gasteiger partial charge in [0.25, 0.3) is 0 Å². The summed E-state index contributed by atoms with van der Waals surface area (Å²) >= 11 is 0. The Bertz CT molecular complexity index is 1240. The lowest BCUT2D eigenvalue weighted by Crippen LogP contribution is -2.60. The summed E-state index contributed by atoms with van der Waals surface area (Å²) in [6.07, 6.45) is 6.00. The van der Waals surface area contributed by atoms with Gasteiger partial charge in [0.15, 0.2) is 6.29 Å². The van der Waals surface area contributed by atoms with E-state index in [1.165, 1.54) is 12.8 Å². The van der Waals surface area contributed by atoms with Gasteiger partial charge in [-0.05, 0) is 125 Å². The number of nitrogens with zero attached hydrogens (tertiary/aromatic N) is 2. The molecule has 14 unspecified atom stereocenters. The van der Waals surface area contributed by atoms with Crippen molar-refractivity contribution in [2.45, 2.75) is 142 Å². The Morgan fingerprint density at radius 2 is 1.74 bits per heavy atom. The molecule has 1 amide bonds. The summed E-state index contributed by atoms with van der Waals surface area (Å²) in [7, 11) is 3.85. The fraction of sp³-hybridized carbons (Fsp3) is 0.974. The molecule has 7 rings (SSSR count). The largest absolute Gasteiger partial charge is 0.390 e. The van der Waals surface area contributed by atoms with Crippen LogP contribution in [-0.4, -0.2) is 114 Å². The molecule has 5 aliphatic carbocycles. The summed E-state index contributed by atoms with van der Waals surface area (Å²) in [5.74, 6) is 1.64. The van der Waals surface area contributed by atoms with Gasteiger partial charge in [-0.15, -0.1) is 0 Å². The molecule has 7 fully saturated rings. The number of carbonyl (C=O) groups is 1. The first-order valence-corrected chi connectivity index (χ1v) is 18.8. The number of hydrogen-bond acceptors (Lipinski definition) is 8. The molecule has 268 valence electrons. The Morgan fingerprint density at radius 1 is 1.06 bits per heavy atom. The van der Waals surface area contributed by atoms with Crippen LogP contribution >= 0.6 is 0 Å². The predicted octanol–water partition coefficient (Wildman–Crippen LogP) is 4.06. The third-order valence-corrected chi connectivity index (χ3v) is 16.0. The van der Waals surface area contributed by atoms with E-state index < -0.39 is 23.9 Å². The molecule has 9 nitrogen and oxygen atoms in total. The number of ether oxygens (including phenoxy) is 3. The van der Waals surface area contributed by atoms with Gasteiger partial charge in [0.05, 0.1) is 49.7 Å². The molecule has 2 spiro atoms. The summed E-state index contributed by atoms with van der Waals surface area (Å²) < 4.78 is 19.6. The minimum absolute atomic E-state index is 0.0198. The summed E-state index contributed by atoms with van der Waals surface area (Å²) in [6, 6.07) is 0. The van der Waals surface area contributed by atoms with Crippen LogP contribution in [0.5, 0.6) is 0 Å². The zero-order valence-corrected chi connectivity index (χ0v) is 30.6. The standard InChI is InChI=1S/C38H64N2O7/c1-22-18-23(31(42)34(4,5)44)46-30-29(22)35(6)14-15-38-21-37(38)13-12-26(47-28-20-40(16-17-45-28)27(41)19-39(8)9)33(2,3)24(37)10-11-25(38)36(35,7)32(30)43/h22-26,28-32,42-44H,10-21H2,1-9H3. The lowest BCUT2D eigenvalue weighted by Gasteiger charge is -2.64. The van der Waals surface area contributed by atoms with E-state index in [1.54, 1.807) is 13.8 Å². The maximum absolute atomic E-state index is 12.8. The van der Waals surface area contributed by atoms with E-state index in [-0.39, 0.29) is 57.4 Å². The number of morpholine rings is 1. The molecule has 0 radical (unpaired) electrons. The van der Waals surface area contributed by atoms with E-state index in [2.05, 4.69) is 34.6 Å². The van der Waals surface area contributed by atoms with E-state index >= 15 is 0 Å². The lowest BCUT2D eigenvalue weighted by molar-refractivity contribution is -0.248.